The zero-order valence-corrected chi connectivity index (χ0v) is 12.8. The van der Waals surface area contributed by atoms with Crippen molar-refractivity contribution >= 4 is 0 Å². The summed E-state index contributed by atoms with van der Waals surface area (Å²) in [6.45, 7) is 1.15. The third-order valence-electron chi connectivity index (χ3n) is 3.32. The van der Waals surface area contributed by atoms with Gasteiger partial charge in [-0.2, -0.15) is 4.98 Å². The van der Waals surface area contributed by atoms with E-state index in [1.807, 2.05) is 0 Å². The Morgan fingerprint density at radius 2 is 2.00 bits per heavy atom. The van der Waals surface area contributed by atoms with E-state index in [4.69, 9.17) is 4.74 Å². The number of hydrogen-bond acceptors (Lipinski definition) is 5. The molecule has 0 amide bonds. The summed E-state index contributed by atoms with van der Waals surface area (Å²) in [5.74, 6) is -1.42. The third kappa shape index (κ3) is 3.57. The summed E-state index contributed by atoms with van der Waals surface area (Å²) in [4.78, 5) is 7.26. The molecule has 1 aromatic carbocycles. The van der Waals surface area contributed by atoms with Crippen molar-refractivity contribution in [2.24, 2.45) is 0 Å². The van der Waals surface area contributed by atoms with Crippen LogP contribution in [0.3, 0.4) is 0 Å². The van der Waals surface area contributed by atoms with E-state index in [1.54, 1.807) is 0 Å². The van der Waals surface area contributed by atoms with Gasteiger partial charge in [-0.25, -0.2) is 27.2 Å². The second kappa shape index (κ2) is 6.83. The lowest BCUT2D eigenvalue weighted by molar-refractivity contribution is 0.143. The van der Waals surface area contributed by atoms with Gasteiger partial charge in [-0.1, -0.05) is 5.21 Å². The van der Waals surface area contributed by atoms with Crippen molar-refractivity contribution in [3.05, 3.63) is 59.2 Å². The van der Waals surface area contributed by atoms with Crippen LogP contribution in [-0.2, 0) is 6.61 Å². The molecule has 0 aliphatic heterocycles. The van der Waals surface area contributed by atoms with Gasteiger partial charge in [0, 0.05) is 11.8 Å². The molecule has 0 fully saturated rings. The zero-order chi connectivity index (χ0) is 18.0. The molecular weight excluding hydrogens is 342 g/mol. The van der Waals surface area contributed by atoms with Crippen LogP contribution in [0.2, 0.25) is 0 Å². The van der Waals surface area contributed by atoms with Gasteiger partial charge in [-0.05, 0) is 25.1 Å². The normalized spacial score (nSPS) is 11.1. The average molecular weight is 353 g/mol. The van der Waals surface area contributed by atoms with E-state index in [2.05, 4.69) is 20.3 Å². The maximum absolute atomic E-state index is 14.1. The van der Waals surface area contributed by atoms with Crippen LogP contribution in [0.4, 0.5) is 17.6 Å². The molecule has 0 aliphatic rings. The van der Waals surface area contributed by atoms with Crippen LogP contribution in [0, 0.1) is 18.6 Å². The first-order chi connectivity index (χ1) is 12.0. The van der Waals surface area contributed by atoms with Crippen LogP contribution in [-0.4, -0.2) is 25.0 Å². The minimum absolute atomic E-state index is 0.0218. The van der Waals surface area contributed by atoms with Crippen LogP contribution < -0.4 is 4.74 Å². The summed E-state index contributed by atoms with van der Waals surface area (Å²) in [7, 11) is 0. The molecule has 0 aliphatic carbocycles. The van der Waals surface area contributed by atoms with E-state index in [-0.39, 0.29) is 29.6 Å². The van der Waals surface area contributed by atoms with Crippen molar-refractivity contribution in [2.75, 3.05) is 0 Å². The maximum atomic E-state index is 14.1. The van der Waals surface area contributed by atoms with Crippen molar-refractivity contribution in [2.45, 2.75) is 20.0 Å². The van der Waals surface area contributed by atoms with Crippen LogP contribution in [0.5, 0.6) is 6.01 Å². The lowest BCUT2D eigenvalue weighted by atomic mass is 10.2. The molecule has 0 radical (unpaired) electrons. The van der Waals surface area contributed by atoms with Crippen molar-refractivity contribution < 1.29 is 22.3 Å². The van der Waals surface area contributed by atoms with Gasteiger partial charge in [0.25, 0.3) is 6.43 Å². The molecule has 0 unspecified atom stereocenters. The first kappa shape index (κ1) is 16.8. The van der Waals surface area contributed by atoms with Gasteiger partial charge in [0.1, 0.15) is 29.5 Å². The van der Waals surface area contributed by atoms with Crippen LogP contribution >= 0.6 is 0 Å². The fourth-order valence-electron chi connectivity index (χ4n) is 1.99. The van der Waals surface area contributed by atoms with E-state index in [0.29, 0.717) is 0 Å². The monoisotopic (exact) mass is 353 g/mol. The molecule has 0 atom stereocenters. The Morgan fingerprint density at radius 1 is 1.20 bits per heavy atom. The quantitative estimate of drug-likeness (QED) is 0.659. The molecule has 130 valence electrons. The van der Waals surface area contributed by atoms with Gasteiger partial charge in [-0.15, -0.1) is 5.10 Å². The Kier molecular flexibility index (Phi) is 4.59. The zero-order valence-electron chi connectivity index (χ0n) is 12.8. The summed E-state index contributed by atoms with van der Waals surface area (Å²) in [5.41, 5.74) is -0.290. The molecule has 25 heavy (non-hydrogen) atoms. The molecular formula is C15H11F4N5O. The largest absolute Gasteiger partial charge is 0.457 e. The summed E-state index contributed by atoms with van der Waals surface area (Å²) >= 11 is 0. The molecule has 3 rings (SSSR count). The van der Waals surface area contributed by atoms with Crippen LogP contribution in [0.1, 0.15) is 23.4 Å². The van der Waals surface area contributed by atoms with Crippen molar-refractivity contribution in [3.8, 4) is 11.7 Å². The standard InChI is InChI=1S/C15H11F4N5O/c1-8-10(16)2-3-12(13(8)17)24-6-9(22-23-24)7-25-15-20-5-4-11(21-15)14(18)19/h2-6,14H,7H2,1H3. The fourth-order valence-corrected chi connectivity index (χ4v) is 1.99. The first-order valence-corrected chi connectivity index (χ1v) is 7.06. The highest BCUT2D eigenvalue weighted by Gasteiger charge is 2.14. The van der Waals surface area contributed by atoms with Crippen LogP contribution in [0.25, 0.3) is 5.69 Å². The Morgan fingerprint density at radius 3 is 2.76 bits per heavy atom. The van der Waals surface area contributed by atoms with E-state index in [1.165, 1.54) is 19.2 Å². The highest BCUT2D eigenvalue weighted by Crippen LogP contribution is 2.20. The molecule has 0 saturated heterocycles. The van der Waals surface area contributed by atoms with Gasteiger partial charge < -0.3 is 4.74 Å². The molecule has 0 saturated carbocycles. The van der Waals surface area contributed by atoms with Crippen molar-refractivity contribution in [3.63, 3.8) is 0 Å². The minimum Gasteiger partial charge on any atom is -0.457 e. The van der Waals surface area contributed by atoms with Gasteiger partial charge in [0.05, 0.1) is 6.20 Å². The third-order valence-corrected chi connectivity index (χ3v) is 3.32. The molecule has 2 aromatic heterocycles. The number of benzene rings is 1. The summed E-state index contributed by atoms with van der Waals surface area (Å²) < 4.78 is 58.8. The van der Waals surface area contributed by atoms with Crippen LogP contribution in [0.15, 0.2) is 30.6 Å². The van der Waals surface area contributed by atoms with Gasteiger partial charge >= 0.3 is 6.01 Å². The lowest BCUT2D eigenvalue weighted by Crippen LogP contribution is -2.02. The average Bonchev–Trinajstić information content (AvgIpc) is 3.07. The number of hydrogen-bond donors (Lipinski definition) is 0. The summed E-state index contributed by atoms with van der Waals surface area (Å²) in [6, 6.07) is 3.19. The number of ether oxygens (including phenoxy) is 1. The van der Waals surface area contributed by atoms with E-state index < -0.39 is 23.8 Å². The number of rotatable bonds is 5. The van der Waals surface area contributed by atoms with E-state index >= 15 is 0 Å². The number of halogens is 4. The summed E-state index contributed by atoms with van der Waals surface area (Å²) in [6.07, 6.45) is -0.222. The van der Waals surface area contributed by atoms with E-state index in [0.717, 1.165) is 23.0 Å². The smallest absolute Gasteiger partial charge is 0.317 e. The topological polar surface area (TPSA) is 65.7 Å². The first-order valence-electron chi connectivity index (χ1n) is 7.06. The molecule has 0 spiro atoms. The second-order valence-electron chi connectivity index (χ2n) is 5.01. The predicted molar refractivity (Wildman–Crippen MR) is 77.3 cm³/mol. The van der Waals surface area contributed by atoms with Gasteiger partial charge in [0.2, 0.25) is 0 Å². The number of nitrogens with zero attached hydrogens (tertiary/aromatic N) is 5. The molecule has 3 aromatic rings. The Hall–Kier alpha value is -3.04. The van der Waals surface area contributed by atoms with Gasteiger partial charge in [0.15, 0.2) is 5.82 Å². The number of aromatic nitrogens is 5. The van der Waals surface area contributed by atoms with Gasteiger partial charge in [-0.3, -0.25) is 0 Å². The highest BCUT2D eigenvalue weighted by molar-refractivity contribution is 5.37. The lowest BCUT2D eigenvalue weighted by Gasteiger charge is -2.05. The summed E-state index contributed by atoms with van der Waals surface area (Å²) in [5, 5.41) is 7.52. The van der Waals surface area contributed by atoms with Crippen molar-refractivity contribution in [1.82, 2.24) is 25.0 Å². The molecule has 0 bridgehead atoms. The van der Waals surface area contributed by atoms with Crippen molar-refractivity contribution in [1.29, 1.82) is 0 Å². The molecule has 6 nitrogen and oxygen atoms in total. The predicted octanol–water partition coefficient (Wildman–Crippen LogP) is 3.16. The highest BCUT2D eigenvalue weighted by atomic mass is 19.3. The minimum atomic E-state index is -2.74. The Balaban J connectivity index is 1.74. The second-order valence-corrected chi connectivity index (χ2v) is 5.01. The maximum Gasteiger partial charge on any atom is 0.317 e. The van der Waals surface area contributed by atoms with E-state index in [9.17, 15) is 17.6 Å². The molecule has 2 heterocycles. The number of alkyl halides is 2. The molecule has 0 N–H and O–H groups in total. The fraction of sp³-hybridized carbons (Fsp3) is 0.200. The molecule has 10 heteroatoms. The Bertz CT molecular complexity index is 899. The SMILES string of the molecule is Cc1c(F)ccc(-n2cc(COc3nccc(C(F)F)n3)nn2)c1F. The Labute approximate surface area is 139 Å².